The highest BCUT2D eigenvalue weighted by atomic mass is 19.4. The number of alkyl halides is 6. The molecule has 1 aliphatic heterocycles. The summed E-state index contributed by atoms with van der Waals surface area (Å²) in [5.74, 6) is -5.33. The van der Waals surface area contributed by atoms with Crippen molar-refractivity contribution < 1.29 is 51.3 Å². The van der Waals surface area contributed by atoms with Crippen LogP contribution in [0, 0.1) is 17.8 Å². The van der Waals surface area contributed by atoms with Gasteiger partial charge in [0, 0.05) is 5.92 Å². The Bertz CT molecular complexity index is 1390. The lowest BCUT2D eigenvalue weighted by molar-refractivity contribution is -0.143. The molecular formula is C30H29F6NO5. The van der Waals surface area contributed by atoms with E-state index >= 15 is 0 Å². The molecule has 1 heterocycles. The molecule has 12 heteroatoms. The first-order valence-electron chi connectivity index (χ1n) is 13.1. The lowest BCUT2D eigenvalue weighted by atomic mass is 9.68. The quantitative estimate of drug-likeness (QED) is 0.203. The number of fused-ring (bicyclic) bond motifs is 1. The van der Waals surface area contributed by atoms with E-state index in [1.54, 1.807) is 19.1 Å². The third kappa shape index (κ3) is 6.24. The highest BCUT2D eigenvalue weighted by Crippen LogP contribution is 2.48. The SMILES string of the molecule is CC1=C([C@H](O)CC/C(C)=C/c2ccc(O)cc2)[C@H](CO)[C@@H]2C(=O)N(c3cc(C(F)(F)F)cc(C(F)(F)F)c3)C(=O)[C@@H]2C1. The molecule has 0 saturated carbocycles. The van der Waals surface area contributed by atoms with Crippen LogP contribution >= 0.6 is 0 Å². The highest BCUT2D eigenvalue weighted by Gasteiger charge is 2.55. The van der Waals surface area contributed by atoms with Gasteiger partial charge in [0.15, 0.2) is 0 Å². The Hall–Kier alpha value is -3.64. The van der Waals surface area contributed by atoms with Gasteiger partial charge in [0.1, 0.15) is 5.75 Å². The Morgan fingerprint density at radius 3 is 2.10 bits per heavy atom. The van der Waals surface area contributed by atoms with Crippen LogP contribution in [0.15, 0.2) is 59.2 Å². The Kier molecular flexibility index (Phi) is 8.62. The minimum Gasteiger partial charge on any atom is -0.508 e. The number of nitrogens with zero attached hydrogens (tertiary/aromatic N) is 1. The predicted molar refractivity (Wildman–Crippen MR) is 141 cm³/mol. The monoisotopic (exact) mass is 597 g/mol. The summed E-state index contributed by atoms with van der Waals surface area (Å²) in [5, 5.41) is 30.8. The number of imide groups is 1. The van der Waals surface area contributed by atoms with Gasteiger partial charge < -0.3 is 15.3 Å². The van der Waals surface area contributed by atoms with E-state index in [1.165, 1.54) is 12.1 Å². The minimum atomic E-state index is -5.17. The molecule has 0 bridgehead atoms. The third-order valence-corrected chi connectivity index (χ3v) is 7.83. The predicted octanol–water partition coefficient (Wildman–Crippen LogP) is 6.11. The number of carbonyl (C=O) groups excluding carboxylic acids is 2. The van der Waals surface area contributed by atoms with Crippen LogP contribution in [-0.4, -0.2) is 39.8 Å². The zero-order valence-electron chi connectivity index (χ0n) is 22.6. The Morgan fingerprint density at radius 2 is 1.57 bits per heavy atom. The molecule has 0 radical (unpaired) electrons. The van der Waals surface area contributed by atoms with Gasteiger partial charge in [-0.25, -0.2) is 4.90 Å². The van der Waals surface area contributed by atoms with E-state index < -0.39 is 71.4 Å². The number of carbonyl (C=O) groups is 2. The summed E-state index contributed by atoms with van der Waals surface area (Å²) < 4.78 is 80.7. The second kappa shape index (κ2) is 11.6. The van der Waals surface area contributed by atoms with Crippen molar-refractivity contribution >= 4 is 23.6 Å². The molecule has 226 valence electrons. The van der Waals surface area contributed by atoms with Crippen LogP contribution in [0.3, 0.4) is 0 Å². The Morgan fingerprint density at radius 1 is 1.00 bits per heavy atom. The number of hydrogen-bond donors (Lipinski definition) is 3. The van der Waals surface area contributed by atoms with Gasteiger partial charge >= 0.3 is 12.4 Å². The van der Waals surface area contributed by atoms with E-state index in [1.807, 2.05) is 13.0 Å². The van der Waals surface area contributed by atoms with Crippen LogP contribution in [0.4, 0.5) is 32.0 Å². The van der Waals surface area contributed by atoms with Crippen LogP contribution in [0.5, 0.6) is 5.75 Å². The van der Waals surface area contributed by atoms with Crippen LogP contribution in [0.2, 0.25) is 0 Å². The van der Waals surface area contributed by atoms with Crippen molar-refractivity contribution in [2.45, 2.75) is 51.6 Å². The van der Waals surface area contributed by atoms with E-state index in [0.717, 1.165) is 11.1 Å². The molecule has 0 spiro atoms. The molecule has 2 aliphatic rings. The number of aromatic hydroxyl groups is 1. The van der Waals surface area contributed by atoms with E-state index in [-0.39, 0.29) is 24.7 Å². The summed E-state index contributed by atoms with van der Waals surface area (Å²) in [6, 6.07) is 7.04. The van der Waals surface area contributed by atoms with Crippen LogP contribution in [0.1, 0.15) is 49.8 Å². The summed E-state index contributed by atoms with van der Waals surface area (Å²) in [6.45, 7) is 2.78. The molecular weight excluding hydrogens is 568 g/mol. The highest BCUT2D eigenvalue weighted by molar-refractivity contribution is 6.22. The largest absolute Gasteiger partial charge is 0.508 e. The van der Waals surface area contributed by atoms with Crippen molar-refractivity contribution in [3.63, 3.8) is 0 Å². The molecule has 2 aromatic rings. The van der Waals surface area contributed by atoms with E-state index in [0.29, 0.717) is 34.6 Å². The van der Waals surface area contributed by atoms with Gasteiger partial charge in [0.25, 0.3) is 0 Å². The number of phenols is 1. The average molecular weight is 598 g/mol. The molecule has 1 saturated heterocycles. The van der Waals surface area contributed by atoms with Gasteiger partial charge in [-0.3, -0.25) is 9.59 Å². The number of aliphatic hydroxyl groups is 2. The number of amides is 2. The molecule has 4 rings (SSSR count). The van der Waals surface area contributed by atoms with Crippen molar-refractivity contribution in [2.75, 3.05) is 11.5 Å². The molecule has 6 nitrogen and oxygen atoms in total. The Labute approximate surface area is 237 Å². The molecule has 42 heavy (non-hydrogen) atoms. The molecule has 1 aliphatic carbocycles. The maximum absolute atomic E-state index is 13.5. The number of benzene rings is 2. The fourth-order valence-corrected chi connectivity index (χ4v) is 5.89. The number of halogens is 6. The van der Waals surface area contributed by atoms with Crippen LogP contribution in [0.25, 0.3) is 6.08 Å². The summed E-state index contributed by atoms with van der Waals surface area (Å²) in [4.78, 5) is 27.2. The van der Waals surface area contributed by atoms with E-state index in [4.69, 9.17) is 0 Å². The van der Waals surface area contributed by atoms with Gasteiger partial charge in [-0.2, -0.15) is 26.3 Å². The van der Waals surface area contributed by atoms with Gasteiger partial charge in [0.05, 0.1) is 41.4 Å². The molecule has 0 unspecified atom stereocenters. The van der Waals surface area contributed by atoms with Gasteiger partial charge in [-0.05, 0) is 74.6 Å². The number of hydrogen-bond acceptors (Lipinski definition) is 5. The van der Waals surface area contributed by atoms with E-state index in [2.05, 4.69) is 0 Å². The number of rotatable bonds is 7. The van der Waals surface area contributed by atoms with Gasteiger partial charge in [-0.15, -0.1) is 0 Å². The summed E-state index contributed by atoms with van der Waals surface area (Å²) in [6.07, 6.45) is -9.08. The number of allylic oxidation sites excluding steroid dienone is 2. The first kappa shape index (κ1) is 31.3. The fourth-order valence-electron chi connectivity index (χ4n) is 5.89. The van der Waals surface area contributed by atoms with Crippen molar-refractivity contribution in [2.24, 2.45) is 17.8 Å². The van der Waals surface area contributed by atoms with Crippen molar-refractivity contribution in [3.05, 3.63) is 75.9 Å². The van der Waals surface area contributed by atoms with Crippen molar-refractivity contribution in [3.8, 4) is 5.75 Å². The van der Waals surface area contributed by atoms with Gasteiger partial charge in [-0.1, -0.05) is 29.4 Å². The smallest absolute Gasteiger partial charge is 0.416 e. The molecule has 4 atom stereocenters. The molecule has 3 N–H and O–H groups in total. The molecule has 2 amide bonds. The molecule has 1 fully saturated rings. The first-order valence-corrected chi connectivity index (χ1v) is 13.1. The lowest BCUT2D eigenvalue weighted by Crippen LogP contribution is -2.38. The average Bonchev–Trinajstić information content (AvgIpc) is 3.15. The Balaban J connectivity index is 1.61. The third-order valence-electron chi connectivity index (χ3n) is 7.83. The van der Waals surface area contributed by atoms with Gasteiger partial charge in [0.2, 0.25) is 11.8 Å². The fraction of sp³-hybridized carbons (Fsp3) is 0.400. The summed E-state index contributed by atoms with van der Waals surface area (Å²) in [7, 11) is 0. The summed E-state index contributed by atoms with van der Waals surface area (Å²) >= 11 is 0. The first-order chi connectivity index (χ1) is 19.5. The standard InChI is InChI=1S/C30H29F6NO5/c1-15(9-17-4-6-21(39)7-5-17)3-8-24(40)25-16(2)10-22-26(23(25)14-38)28(42)37(27(22)41)20-12-18(29(31,32)33)11-19(13-20)30(34,35)36/h4-7,9,11-13,22-24,26,38-40H,3,8,10,14H2,1-2H3/b15-9+/t22-,23+,24-,26-/m1/s1. The number of aliphatic hydroxyl groups excluding tert-OH is 2. The van der Waals surface area contributed by atoms with Crippen molar-refractivity contribution in [1.82, 2.24) is 0 Å². The maximum atomic E-state index is 13.5. The lowest BCUT2D eigenvalue weighted by Gasteiger charge is -2.35. The van der Waals surface area contributed by atoms with Crippen molar-refractivity contribution in [1.29, 1.82) is 0 Å². The second-order valence-corrected chi connectivity index (χ2v) is 10.8. The van der Waals surface area contributed by atoms with E-state index in [9.17, 15) is 51.3 Å². The zero-order valence-corrected chi connectivity index (χ0v) is 22.6. The maximum Gasteiger partial charge on any atom is 0.416 e. The number of anilines is 1. The molecule has 2 aromatic carbocycles. The normalized spacial score (nSPS) is 22.6. The van der Waals surface area contributed by atoms with Crippen LogP contribution < -0.4 is 4.90 Å². The summed E-state index contributed by atoms with van der Waals surface area (Å²) in [5.41, 5.74) is -1.62. The second-order valence-electron chi connectivity index (χ2n) is 10.8. The van der Waals surface area contributed by atoms with Crippen LogP contribution in [-0.2, 0) is 21.9 Å². The number of phenolic OH excluding ortho intramolecular Hbond substituents is 1. The minimum absolute atomic E-state index is 0.0535. The topological polar surface area (TPSA) is 98.1 Å². The zero-order chi connectivity index (χ0) is 31.1. The molecule has 0 aromatic heterocycles.